The van der Waals surface area contributed by atoms with Crippen LogP contribution in [0.1, 0.15) is 11.3 Å². The molecule has 0 aliphatic rings. The molecule has 18 heavy (non-hydrogen) atoms. The van der Waals surface area contributed by atoms with Gasteiger partial charge in [0.25, 0.3) is 0 Å². The number of rotatable bonds is 4. The van der Waals surface area contributed by atoms with Crippen LogP contribution < -0.4 is 0 Å². The minimum atomic E-state index is -4.28. The van der Waals surface area contributed by atoms with Crippen molar-refractivity contribution in [3.05, 3.63) is 48.0 Å². The first-order valence-corrected chi connectivity index (χ1v) is 6.31. The van der Waals surface area contributed by atoms with Gasteiger partial charge in [-0.3, -0.25) is 0 Å². The molecule has 0 radical (unpaired) electrons. The van der Waals surface area contributed by atoms with Gasteiger partial charge in [0.1, 0.15) is 0 Å². The Bertz CT molecular complexity index is 494. The topological polar surface area (TPSA) is 28.7 Å². The quantitative estimate of drug-likeness (QED) is 0.858. The molecule has 0 amide bonds. The van der Waals surface area contributed by atoms with E-state index in [1.807, 2.05) is 0 Å². The molecule has 1 N–H and O–H groups in total. The first-order chi connectivity index (χ1) is 8.55. The Morgan fingerprint density at radius 3 is 2.78 bits per heavy atom. The molecule has 0 bridgehead atoms. The molecular formula is C12H11F3N2S. The first-order valence-electron chi connectivity index (χ1n) is 5.33. The SMILES string of the molecule is FC(F)(F)c1cccc(SCCc2cnc[nH]2)c1. The van der Waals surface area contributed by atoms with Gasteiger partial charge < -0.3 is 4.98 Å². The van der Waals surface area contributed by atoms with E-state index in [1.165, 1.54) is 23.9 Å². The molecule has 6 heteroatoms. The van der Waals surface area contributed by atoms with E-state index in [-0.39, 0.29) is 0 Å². The third kappa shape index (κ3) is 3.53. The van der Waals surface area contributed by atoms with Crippen molar-refractivity contribution in [2.24, 2.45) is 0 Å². The number of imidazole rings is 1. The van der Waals surface area contributed by atoms with E-state index in [2.05, 4.69) is 9.97 Å². The fourth-order valence-corrected chi connectivity index (χ4v) is 2.41. The summed E-state index contributed by atoms with van der Waals surface area (Å²) >= 11 is 1.40. The maximum absolute atomic E-state index is 12.5. The van der Waals surface area contributed by atoms with Gasteiger partial charge in [-0.1, -0.05) is 6.07 Å². The van der Waals surface area contributed by atoms with Crippen LogP contribution in [0.2, 0.25) is 0 Å². The molecule has 0 aliphatic carbocycles. The van der Waals surface area contributed by atoms with Crippen LogP contribution >= 0.6 is 11.8 Å². The second-order valence-electron chi connectivity index (χ2n) is 3.70. The summed E-state index contributed by atoms with van der Waals surface area (Å²) in [4.78, 5) is 7.46. The molecular weight excluding hydrogens is 261 g/mol. The molecule has 1 aromatic heterocycles. The summed E-state index contributed by atoms with van der Waals surface area (Å²) in [5.74, 6) is 0.712. The van der Waals surface area contributed by atoms with Gasteiger partial charge in [-0.15, -0.1) is 11.8 Å². The number of thioether (sulfide) groups is 1. The van der Waals surface area contributed by atoms with E-state index in [9.17, 15) is 13.2 Å². The largest absolute Gasteiger partial charge is 0.416 e. The lowest BCUT2D eigenvalue weighted by Crippen LogP contribution is -2.04. The van der Waals surface area contributed by atoms with Crippen molar-refractivity contribution >= 4 is 11.8 Å². The molecule has 96 valence electrons. The Labute approximate surface area is 107 Å². The van der Waals surface area contributed by atoms with Gasteiger partial charge in [-0.05, 0) is 24.6 Å². The van der Waals surface area contributed by atoms with Gasteiger partial charge in [-0.2, -0.15) is 13.2 Å². The maximum atomic E-state index is 12.5. The Kier molecular flexibility index (Phi) is 3.96. The van der Waals surface area contributed by atoms with Gasteiger partial charge in [0.2, 0.25) is 0 Å². The number of alkyl halides is 3. The number of nitrogens with one attached hydrogen (secondary N) is 1. The van der Waals surface area contributed by atoms with Crippen molar-refractivity contribution in [1.29, 1.82) is 0 Å². The van der Waals surface area contributed by atoms with Gasteiger partial charge in [0, 0.05) is 22.5 Å². The summed E-state index contributed by atoms with van der Waals surface area (Å²) in [5.41, 5.74) is 0.378. The van der Waals surface area contributed by atoms with E-state index in [0.29, 0.717) is 10.6 Å². The van der Waals surface area contributed by atoms with Gasteiger partial charge in [0.15, 0.2) is 0 Å². The van der Waals surface area contributed by atoms with Gasteiger partial charge in [-0.25, -0.2) is 4.98 Å². The molecule has 0 fully saturated rings. The summed E-state index contributed by atoms with van der Waals surface area (Å²) in [6, 6.07) is 5.38. The Hall–Kier alpha value is -1.43. The van der Waals surface area contributed by atoms with Gasteiger partial charge in [0.05, 0.1) is 11.9 Å². The number of halogens is 3. The minimum absolute atomic E-state index is 0.603. The lowest BCUT2D eigenvalue weighted by atomic mass is 10.2. The Morgan fingerprint density at radius 2 is 2.11 bits per heavy atom. The van der Waals surface area contributed by atoms with Crippen LogP contribution in [0, 0.1) is 0 Å². The lowest BCUT2D eigenvalue weighted by Gasteiger charge is -2.08. The number of aromatic amines is 1. The lowest BCUT2D eigenvalue weighted by molar-refractivity contribution is -0.137. The third-order valence-corrected chi connectivity index (χ3v) is 3.35. The standard InChI is InChI=1S/C12H11F3N2S/c13-12(14,15)9-2-1-3-11(6-9)18-5-4-10-7-16-8-17-10/h1-3,6-8H,4-5H2,(H,16,17). The monoisotopic (exact) mass is 272 g/mol. The molecule has 1 heterocycles. The zero-order valence-corrected chi connectivity index (χ0v) is 10.2. The summed E-state index contributed by atoms with van der Waals surface area (Å²) in [7, 11) is 0. The molecule has 2 rings (SSSR count). The van der Waals surface area contributed by atoms with Crippen molar-refractivity contribution in [3.63, 3.8) is 0 Å². The second kappa shape index (κ2) is 5.48. The molecule has 0 aliphatic heterocycles. The third-order valence-electron chi connectivity index (χ3n) is 2.36. The summed E-state index contributed by atoms with van der Waals surface area (Å²) in [6.07, 6.45) is -0.224. The molecule has 0 unspecified atom stereocenters. The maximum Gasteiger partial charge on any atom is 0.416 e. The van der Waals surface area contributed by atoms with Gasteiger partial charge >= 0.3 is 6.18 Å². The van der Waals surface area contributed by atoms with Crippen molar-refractivity contribution in [2.75, 3.05) is 5.75 Å². The van der Waals surface area contributed by atoms with Crippen molar-refractivity contribution in [2.45, 2.75) is 17.5 Å². The highest BCUT2D eigenvalue weighted by molar-refractivity contribution is 7.99. The molecule has 0 saturated carbocycles. The highest BCUT2D eigenvalue weighted by atomic mass is 32.2. The van der Waals surface area contributed by atoms with E-state index < -0.39 is 11.7 Å². The number of nitrogens with zero attached hydrogens (tertiary/aromatic N) is 1. The minimum Gasteiger partial charge on any atom is -0.348 e. The highest BCUT2D eigenvalue weighted by Crippen LogP contribution is 2.31. The summed E-state index contributed by atoms with van der Waals surface area (Å²) in [6.45, 7) is 0. The van der Waals surface area contributed by atoms with Crippen LogP contribution in [0.4, 0.5) is 13.2 Å². The van der Waals surface area contributed by atoms with E-state index in [4.69, 9.17) is 0 Å². The van der Waals surface area contributed by atoms with E-state index >= 15 is 0 Å². The second-order valence-corrected chi connectivity index (χ2v) is 4.87. The smallest absolute Gasteiger partial charge is 0.348 e. The fourth-order valence-electron chi connectivity index (χ4n) is 1.46. The first kappa shape index (κ1) is 13.0. The average Bonchev–Trinajstić information content (AvgIpc) is 2.81. The van der Waals surface area contributed by atoms with Crippen molar-refractivity contribution in [3.8, 4) is 0 Å². The fraction of sp³-hybridized carbons (Fsp3) is 0.250. The number of benzene rings is 1. The molecule has 1 aromatic carbocycles. The van der Waals surface area contributed by atoms with Crippen molar-refractivity contribution in [1.82, 2.24) is 9.97 Å². The normalized spacial score (nSPS) is 11.7. The number of hydrogen-bond donors (Lipinski definition) is 1. The van der Waals surface area contributed by atoms with Crippen LogP contribution in [0.5, 0.6) is 0 Å². The summed E-state index contributed by atoms with van der Waals surface area (Å²) in [5, 5.41) is 0. The Morgan fingerprint density at radius 1 is 1.28 bits per heavy atom. The average molecular weight is 272 g/mol. The zero-order valence-electron chi connectivity index (χ0n) is 9.37. The predicted molar refractivity (Wildman–Crippen MR) is 64.5 cm³/mol. The van der Waals surface area contributed by atoms with Crippen LogP contribution in [0.3, 0.4) is 0 Å². The van der Waals surface area contributed by atoms with Crippen LogP contribution in [-0.2, 0) is 12.6 Å². The predicted octanol–water partition coefficient (Wildman–Crippen LogP) is 3.76. The van der Waals surface area contributed by atoms with E-state index in [0.717, 1.165) is 18.2 Å². The van der Waals surface area contributed by atoms with Crippen molar-refractivity contribution < 1.29 is 13.2 Å². The number of aromatic nitrogens is 2. The molecule has 0 atom stereocenters. The van der Waals surface area contributed by atoms with Crippen LogP contribution in [0.15, 0.2) is 41.7 Å². The van der Waals surface area contributed by atoms with E-state index in [1.54, 1.807) is 18.6 Å². The van der Waals surface area contributed by atoms with Crippen LogP contribution in [0.25, 0.3) is 0 Å². The Balaban J connectivity index is 1.93. The summed E-state index contributed by atoms with van der Waals surface area (Å²) < 4.78 is 37.5. The number of H-pyrrole nitrogens is 1. The number of hydrogen-bond acceptors (Lipinski definition) is 2. The zero-order chi connectivity index (χ0) is 13.0. The molecule has 0 spiro atoms. The molecule has 0 saturated heterocycles. The molecule has 2 nitrogen and oxygen atoms in total. The number of aryl methyl sites for hydroxylation is 1. The highest BCUT2D eigenvalue weighted by Gasteiger charge is 2.30. The van der Waals surface area contributed by atoms with Crippen LogP contribution in [-0.4, -0.2) is 15.7 Å². The molecule has 2 aromatic rings.